The van der Waals surface area contributed by atoms with Gasteiger partial charge in [-0.05, 0) is 48.7 Å². The van der Waals surface area contributed by atoms with Crippen molar-refractivity contribution in [2.45, 2.75) is 24.2 Å². The fraction of sp³-hybridized carbons (Fsp3) is 0.250. The van der Waals surface area contributed by atoms with E-state index in [1.54, 1.807) is 42.5 Å². The van der Waals surface area contributed by atoms with Crippen LogP contribution in [0.1, 0.15) is 28.8 Å². The first-order chi connectivity index (χ1) is 14.0. The Balaban J connectivity index is 1.57. The molecule has 3 aromatic rings. The lowest BCUT2D eigenvalue weighted by atomic mass is 10.1. The third-order valence-electron chi connectivity index (χ3n) is 4.76. The zero-order valence-corrected chi connectivity index (χ0v) is 17.1. The third-order valence-corrected chi connectivity index (χ3v) is 7.58. The maximum Gasteiger partial charge on any atom is 0.257 e. The van der Waals surface area contributed by atoms with E-state index in [9.17, 15) is 13.2 Å². The van der Waals surface area contributed by atoms with Crippen molar-refractivity contribution in [1.82, 2.24) is 9.29 Å². The number of hydrogen-bond donors (Lipinski definition) is 1. The molecular weight excluding hydrogens is 408 g/mol. The van der Waals surface area contributed by atoms with Gasteiger partial charge in [-0.15, -0.1) is 0 Å². The van der Waals surface area contributed by atoms with Gasteiger partial charge in [-0.2, -0.15) is 9.57 Å². The van der Waals surface area contributed by atoms with E-state index in [2.05, 4.69) is 16.4 Å². The second kappa shape index (κ2) is 7.91. The number of fused-ring (bicyclic) bond motifs is 1. The van der Waals surface area contributed by atoms with E-state index in [1.165, 1.54) is 15.6 Å². The zero-order chi connectivity index (χ0) is 20.4. The highest BCUT2D eigenvalue weighted by Crippen LogP contribution is 2.30. The molecule has 148 valence electrons. The number of nitrogens with zero attached hydrogens (tertiary/aromatic N) is 3. The lowest BCUT2D eigenvalue weighted by molar-refractivity contribution is 0.102. The highest BCUT2D eigenvalue weighted by molar-refractivity contribution is 7.89. The first-order valence-electron chi connectivity index (χ1n) is 9.15. The average molecular weight is 427 g/mol. The van der Waals surface area contributed by atoms with Crippen molar-refractivity contribution >= 4 is 42.6 Å². The molecule has 9 heteroatoms. The summed E-state index contributed by atoms with van der Waals surface area (Å²) >= 11 is 1.23. The fourth-order valence-electron chi connectivity index (χ4n) is 3.28. The summed E-state index contributed by atoms with van der Waals surface area (Å²) in [4.78, 5) is 17.1. The molecule has 2 aromatic carbocycles. The van der Waals surface area contributed by atoms with Gasteiger partial charge in [0.05, 0.1) is 27.6 Å². The minimum Gasteiger partial charge on any atom is -0.298 e. The summed E-state index contributed by atoms with van der Waals surface area (Å²) in [6, 6.07) is 13.8. The standard InChI is InChI=1S/C20H18N4O3S2/c21-9-8-14-4-3-5-15(12-14)19(25)23-20-22-17-7-6-16(13-18(17)28-20)29(26,27)24-10-1-2-11-24/h3-7,12-13H,1-2,8,10-11H2,(H,22,23,25). The SMILES string of the molecule is N#CCc1cccc(C(=O)Nc2nc3ccc(S(=O)(=O)N4CCCC4)cc3s2)c1. The normalized spacial score (nSPS) is 14.7. The minimum absolute atomic E-state index is 0.233. The number of benzene rings is 2. The van der Waals surface area contributed by atoms with Gasteiger partial charge in [0.2, 0.25) is 10.0 Å². The van der Waals surface area contributed by atoms with Crippen molar-refractivity contribution in [2.75, 3.05) is 18.4 Å². The summed E-state index contributed by atoms with van der Waals surface area (Å²) < 4.78 is 27.7. The number of anilines is 1. The topological polar surface area (TPSA) is 103 Å². The quantitative estimate of drug-likeness (QED) is 0.673. The number of nitriles is 1. The lowest BCUT2D eigenvalue weighted by Gasteiger charge is -2.15. The van der Waals surface area contributed by atoms with Gasteiger partial charge < -0.3 is 0 Å². The number of amides is 1. The molecule has 0 atom stereocenters. The van der Waals surface area contributed by atoms with Gasteiger partial charge in [0.15, 0.2) is 5.13 Å². The third kappa shape index (κ3) is 4.00. The van der Waals surface area contributed by atoms with Crippen LogP contribution in [-0.2, 0) is 16.4 Å². The van der Waals surface area contributed by atoms with Crippen molar-refractivity contribution < 1.29 is 13.2 Å². The summed E-state index contributed by atoms with van der Waals surface area (Å²) in [6.07, 6.45) is 2.00. The van der Waals surface area contributed by atoms with Gasteiger partial charge in [-0.25, -0.2) is 13.4 Å². The van der Waals surface area contributed by atoms with Gasteiger partial charge in [-0.3, -0.25) is 10.1 Å². The van der Waals surface area contributed by atoms with Gasteiger partial charge >= 0.3 is 0 Å². The monoisotopic (exact) mass is 426 g/mol. The number of sulfonamides is 1. The molecule has 1 saturated heterocycles. The molecule has 0 saturated carbocycles. The molecule has 1 fully saturated rings. The molecule has 29 heavy (non-hydrogen) atoms. The molecule has 0 unspecified atom stereocenters. The maximum atomic E-state index is 12.8. The smallest absolute Gasteiger partial charge is 0.257 e. The number of carbonyl (C=O) groups is 1. The Kier molecular flexibility index (Phi) is 5.32. The molecule has 0 radical (unpaired) electrons. The van der Waals surface area contributed by atoms with Crippen LogP contribution in [0.4, 0.5) is 5.13 Å². The number of rotatable bonds is 5. The summed E-state index contributed by atoms with van der Waals surface area (Å²) in [6.45, 7) is 1.10. The number of aromatic nitrogens is 1. The first-order valence-corrected chi connectivity index (χ1v) is 11.4. The van der Waals surface area contributed by atoms with Crippen molar-refractivity contribution in [3.63, 3.8) is 0 Å². The Morgan fingerprint density at radius 3 is 2.76 bits per heavy atom. The fourth-order valence-corrected chi connectivity index (χ4v) is 5.80. The van der Waals surface area contributed by atoms with Crippen molar-refractivity contribution in [2.24, 2.45) is 0 Å². The van der Waals surface area contributed by atoms with Gasteiger partial charge in [0, 0.05) is 18.7 Å². The molecule has 7 nitrogen and oxygen atoms in total. The highest BCUT2D eigenvalue weighted by atomic mass is 32.2. The highest BCUT2D eigenvalue weighted by Gasteiger charge is 2.27. The largest absolute Gasteiger partial charge is 0.298 e. The van der Waals surface area contributed by atoms with Gasteiger partial charge in [-0.1, -0.05) is 23.5 Å². The van der Waals surface area contributed by atoms with Crippen LogP contribution in [0.3, 0.4) is 0 Å². The first kappa shape index (κ1) is 19.5. The summed E-state index contributed by atoms with van der Waals surface area (Å²) in [7, 11) is -3.50. The van der Waals surface area contributed by atoms with Crippen molar-refractivity contribution in [3.8, 4) is 6.07 Å². The Morgan fingerprint density at radius 1 is 1.21 bits per heavy atom. The molecule has 1 N–H and O–H groups in total. The van der Waals surface area contributed by atoms with Gasteiger partial charge in [0.1, 0.15) is 0 Å². The van der Waals surface area contributed by atoms with E-state index < -0.39 is 10.0 Å². The molecule has 0 aliphatic carbocycles. The second-order valence-corrected chi connectivity index (χ2v) is 9.72. The van der Waals surface area contributed by atoms with Crippen LogP contribution >= 0.6 is 11.3 Å². The van der Waals surface area contributed by atoms with Gasteiger partial charge in [0.25, 0.3) is 5.91 Å². The Bertz CT molecular complexity index is 1220. The van der Waals surface area contributed by atoms with Crippen LogP contribution in [0.2, 0.25) is 0 Å². The molecule has 2 heterocycles. The summed E-state index contributed by atoms with van der Waals surface area (Å²) in [5.41, 5.74) is 1.83. The van der Waals surface area contributed by atoms with E-state index >= 15 is 0 Å². The summed E-state index contributed by atoms with van der Waals surface area (Å²) in [5.74, 6) is -0.325. The molecule has 0 bridgehead atoms. The van der Waals surface area contributed by atoms with Crippen LogP contribution in [-0.4, -0.2) is 36.7 Å². The van der Waals surface area contributed by atoms with E-state index in [4.69, 9.17) is 5.26 Å². The molecule has 4 rings (SSSR count). The maximum absolute atomic E-state index is 12.8. The van der Waals surface area contributed by atoms with E-state index in [0.717, 1.165) is 18.4 Å². The van der Waals surface area contributed by atoms with E-state index in [0.29, 0.717) is 34.0 Å². The van der Waals surface area contributed by atoms with Crippen molar-refractivity contribution in [1.29, 1.82) is 5.26 Å². The number of nitrogens with one attached hydrogen (secondary N) is 1. The number of thiazole rings is 1. The predicted molar refractivity (Wildman–Crippen MR) is 111 cm³/mol. The van der Waals surface area contributed by atoms with Crippen molar-refractivity contribution in [3.05, 3.63) is 53.6 Å². The van der Waals surface area contributed by atoms with Crippen LogP contribution in [0, 0.1) is 11.3 Å². The average Bonchev–Trinajstić information content (AvgIpc) is 3.38. The van der Waals surface area contributed by atoms with Crippen LogP contribution in [0.15, 0.2) is 47.4 Å². The second-order valence-electron chi connectivity index (χ2n) is 6.75. The summed E-state index contributed by atoms with van der Waals surface area (Å²) in [5, 5.41) is 12.0. The van der Waals surface area contributed by atoms with Crippen LogP contribution in [0.25, 0.3) is 10.2 Å². The number of carbonyl (C=O) groups excluding carboxylic acids is 1. The molecule has 1 amide bonds. The Labute approximate surface area is 172 Å². The molecule has 0 spiro atoms. The Hall–Kier alpha value is -2.80. The number of hydrogen-bond acceptors (Lipinski definition) is 6. The molecule has 1 aromatic heterocycles. The van der Waals surface area contributed by atoms with E-state index in [1.807, 2.05) is 0 Å². The molecule has 1 aliphatic heterocycles. The predicted octanol–water partition coefficient (Wildman–Crippen LogP) is 3.40. The minimum atomic E-state index is -3.50. The lowest BCUT2D eigenvalue weighted by Crippen LogP contribution is -2.27. The Morgan fingerprint density at radius 2 is 2.00 bits per heavy atom. The molecular formula is C20H18N4O3S2. The van der Waals surface area contributed by atoms with Crippen LogP contribution < -0.4 is 5.32 Å². The van der Waals surface area contributed by atoms with Crippen LogP contribution in [0.5, 0.6) is 0 Å². The molecule has 1 aliphatic rings. The zero-order valence-electron chi connectivity index (χ0n) is 15.5. The van der Waals surface area contributed by atoms with E-state index in [-0.39, 0.29) is 17.2 Å².